The molecule has 0 heterocycles. The van der Waals surface area contributed by atoms with E-state index in [2.05, 4.69) is 13.2 Å². The highest BCUT2D eigenvalue weighted by Crippen LogP contribution is 2.39. The van der Waals surface area contributed by atoms with Crippen molar-refractivity contribution < 1.29 is 24.9 Å². The Hall–Kier alpha value is -2.92. The minimum Gasteiger partial charge on any atom is -0.508 e. The number of benzene rings is 1. The van der Waals surface area contributed by atoms with Crippen molar-refractivity contribution in [2.75, 3.05) is 0 Å². The fraction of sp³-hybridized carbons (Fsp3) is 0.333. The Morgan fingerprint density at radius 1 is 1.03 bits per heavy atom. The molecule has 0 aromatic heterocycles. The Morgan fingerprint density at radius 3 is 2.17 bits per heavy atom. The molecule has 5 heteroatoms. The average Bonchev–Trinajstić information content (AvgIpc) is 2.65. The maximum Gasteiger partial charge on any atom is 0.209 e. The summed E-state index contributed by atoms with van der Waals surface area (Å²) in [5, 5.41) is 32.5. The third-order valence-electron chi connectivity index (χ3n) is 5.00. The van der Waals surface area contributed by atoms with E-state index in [4.69, 9.17) is 0 Å². The van der Waals surface area contributed by atoms with Crippen LogP contribution in [-0.2, 0) is 16.0 Å². The summed E-state index contributed by atoms with van der Waals surface area (Å²) in [4.78, 5) is 26.0. The Kier molecular flexibility index (Phi) is 6.98. The molecular weight excluding hydrogens is 368 g/mol. The smallest absolute Gasteiger partial charge is 0.209 e. The normalized spacial score (nSPS) is 19.5. The fourth-order valence-corrected chi connectivity index (χ4v) is 3.26. The van der Waals surface area contributed by atoms with E-state index in [1.165, 1.54) is 0 Å². The van der Waals surface area contributed by atoms with Gasteiger partial charge >= 0.3 is 0 Å². The standard InChI is InChI=1S/C24H28O5/c1-15(2)10-11-18-21(26)20(19(25)14-17-8-6-5-7-9-17)23(28)24(29,22(18)27)13-12-16(3)4/h5-9,26-27,29H,1,3,10-14H2,2,4H3. The Balaban J connectivity index is 2.50. The molecule has 2 rings (SSSR count). The van der Waals surface area contributed by atoms with Gasteiger partial charge in [0.25, 0.3) is 0 Å². The lowest BCUT2D eigenvalue weighted by Crippen LogP contribution is -2.47. The molecule has 1 unspecified atom stereocenters. The first kappa shape index (κ1) is 22.4. The van der Waals surface area contributed by atoms with Crippen molar-refractivity contribution in [3.8, 4) is 0 Å². The van der Waals surface area contributed by atoms with Crippen molar-refractivity contribution in [3.63, 3.8) is 0 Å². The van der Waals surface area contributed by atoms with Crippen LogP contribution >= 0.6 is 0 Å². The summed E-state index contributed by atoms with van der Waals surface area (Å²) in [6.07, 6.45) is 0.628. The highest BCUT2D eigenvalue weighted by molar-refractivity contribution is 6.25. The molecule has 1 atom stereocenters. The van der Waals surface area contributed by atoms with Gasteiger partial charge in [0.1, 0.15) is 17.1 Å². The van der Waals surface area contributed by atoms with Crippen LogP contribution in [0, 0.1) is 0 Å². The first-order valence-electron chi connectivity index (χ1n) is 9.57. The van der Waals surface area contributed by atoms with Gasteiger partial charge in [-0.25, -0.2) is 0 Å². The van der Waals surface area contributed by atoms with Gasteiger partial charge in [-0.05, 0) is 45.1 Å². The quantitative estimate of drug-likeness (QED) is 0.423. The molecule has 5 nitrogen and oxygen atoms in total. The molecular formula is C24H28O5. The summed E-state index contributed by atoms with van der Waals surface area (Å²) in [5.74, 6) is -2.74. The van der Waals surface area contributed by atoms with E-state index in [1.54, 1.807) is 38.1 Å². The Morgan fingerprint density at radius 2 is 1.62 bits per heavy atom. The van der Waals surface area contributed by atoms with Crippen LogP contribution in [0.5, 0.6) is 0 Å². The minimum atomic E-state index is -2.27. The van der Waals surface area contributed by atoms with Gasteiger partial charge in [0.05, 0.1) is 0 Å². The van der Waals surface area contributed by atoms with Crippen molar-refractivity contribution in [3.05, 3.63) is 82.9 Å². The zero-order valence-corrected chi connectivity index (χ0v) is 17.0. The molecule has 29 heavy (non-hydrogen) atoms. The van der Waals surface area contributed by atoms with Gasteiger partial charge in [-0.3, -0.25) is 9.59 Å². The highest BCUT2D eigenvalue weighted by Gasteiger charge is 2.49. The maximum atomic E-state index is 13.1. The van der Waals surface area contributed by atoms with Crippen LogP contribution in [-0.4, -0.2) is 32.5 Å². The summed E-state index contributed by atoms with van der Waals surface area (Å²) in [5.41, 5.74) is -0.521. The van der Waals surface area contributed by atoms with Gasteiger partial charge in [0.15, 0.2) is 11.4 Å². The molecule has 0 amide bonds. The highest BCUT2D eigenvalue weighted by atomic mass is 16.3. The number of carbonyl (C=O) groups is 2. The van der Waals surface area contributed by atoms with Crippen molar-refractivity contribution in [1.29, 1.82) is 0 Å². The van der Waals surface area contributed by atoms with Gasteiger partial charge in [-0.1, -0.05) is 41.5 Å². The van der Waals surface area contributed by atoms with Gasteiger partial charge in [0, 0.05) is 12.0 Å². The predicted octanol–water partition coefficient (Wildman–Crippen LogP) is 4.45. The second kappa shape index (κ2) is 9.05. The number of allylic oxidation sites excluding steroid dienone is 3. The number of aliphatic hydroxyl groups is 3. The van der Waals surface area contributed by atoms with Gasteiger partial charge in [-0.2, -0.15) is 0 Å². The maximum absolute atomic E-state index is 13.1. The number of ketones is 2. The second-order valence-corrected chi connectivity index (χ2v) is 7.74. The third kappa shape index (κ3) is 4.93. The summed E-state index contributed by atoms with van der Waals surface area (Å²) < 4.78 is 0. The molecule has 154 valence electrons. The van der Waals surface area contributed by atoms with Crippen LogP contribution in [0.3, 0.4) is 0 Å². The van der Waals surface area contributed by atoms with E-state index in [9.17, 15) is 24.9 Å². The summed E-state index contributed by atoms with van der Waals surface area (Å²) in [7, 11) is 0. The molecule has 0 aliphatic heterocycles. The van der Waals surface area contributed by atoms with Crippen molar-refractivity contribution in [2.24, 2.45) is 0 Å². The van der Waals surface area contributed by atoms with Crippen LogP contribution in [0.15, 0.2) is 77.3 Å². The number of rotatable bonds is 9. The SMILES string of the molecule is C=C(C)CCC1=C(O)C(O)(CCC(=C)C)C(=O)C(C(=O)Cc2ccccc2)=C1O. The number of Topliss-reactive ketones (excluding diaryl/α,β-unsaturated/α-hetero) is 2. The van der Waals surface area contributed by atoms with Gasteiger partial charge < -0.3 is 15.3 Å². The summed E-state index contributed by atoms with van der Waals surface area (Å²) >= 11 is 0. The molecule has 0 fully saturated rings. The first-order chi connectivity index (χ1) is 13.6. The molecule has 0 radical (unpaired) electrons. The molecule has 0 saturated heterocycles. The summed E-state index contributed by atoms with van der Waals surface area (Å²) in [6, 6.07) is 8.83. The Labute approximate surface area is 171 Å². The number of hydrogen-bond acceptors (Lipinski definition) is 5. The molecule has 0 bridgehead atoms. The third-order valence-corrected chi connectivity index (χ3v) is 5.00. The number of aliphatic hydroxyl groups excluding tert-OH is 2. The van der Waals surface area contributed by atoms with E-state index < -0.39 is 34.3 Å². The zero-order valence-electron chi connectivity index (χ0n) is 17.0. The average molecular weight is 396 g/mol. The van der Waals surface area contributed by atoms with Crippen molar-refractivity contribution in [1.82, 2.24) is 0 Å². The van der Waals surface area contributed by atoms with E-state index in [1.807, 2.05) is 6.07 Å². The lowest BCUT2D eigenvalue weighted by molar-refractivity contribution is -0.135. The fourth-order valence-electron chi connectivity index (χ4n) is 3.26. The van der Waals surface area contributed by atoms with Gasteiger partial charge in [-0.15, -0.1) is 13.2 Å². The van der Waals surface area contributed by atoms with Crippen molar-refractivity contribution in [2.45, 2.75) is 51.6 Å². The molecule has 0 saturated carbocycles. The molecule has 1 aliphatic carbocycles. The minimum absolute atomic E-state index is 0.00762. The predicted molar refractivity (Wildman–Crippen MR) is 113 cm³/mol. The first-order valence-corrected chi connectivity index (χ1v) is 9.57. The monoisotopic (exact) mass is 396 g/mol. The van der Waals surface area contributed by atoms with Crippen LogP contribution in [0.4, 0.5) is 0 Å². The topological polar surface area (TPSA) is 94.8 Å². The Bertz CT molecular complexity index is 904. The number of hydrogen-bond donors (Lipinski definition) is 3. The largest absolute Gasteiger partial charge is 0.508 e. The number of carbonyl (C=O) groups excluding carboxylic acids is 2. The zero-order chi connectivity index (χ0) is 21.8. The van der Waals surface area contributed by atoms with Crippen LogP contribution in [0.25, 0.3) is 0 Å². The van der Waals surface area contributed by atoms with Crippen LogP contribution < -0.4 is 0 Å². The molecule has 1 aromatic rings. The van der Waals surface area contributed by atoms with E-state index in [0.29, 0.717) is 12.0 Å². The van der Waals surface area contributed by atoms with Crippen LogP contribution in [0.1, 0.15) is 45.1 Å². The van der Waals surface area contributed by atoms with Crippen LogP contribution in [0.2, 0.25) is 0 Å². The lowest BCUT2D eigenvalue weighted by atomic mass is 9.76. The van der Waals surface area contributed by atoms with E-state index >= 15 is 0 Å². The van der Waals surface area contributed by atoms with Gasteiger partial charge in [0.2, 0.25) is 5.78 Å². The molecule has 3 N–H and O–H groups in total. The summed E-state index contributed by atoms with van der Waals surface area (Å²) in [6.45, 7) is 11.1. The van der Waals surface area contributed by atoms with E-state index in [-0.39, 0.29) is 31.3 Å². The van der Waals surface area contributed by atoms with E-state index in [0.717, 1.165) is 11.1 Å². The lowest BCUT2D eigenvalue weighted by Gasteiger charge is -2.33. The second-order valence-electron chi connectivity index (χ2n) is 7.74. The molecule has 1 aromatic carbocycles. The molecule has 0 spiro atoms. The molecule has 1 aliphatic rings. The van der Waals surface area contributed by atoms with Crippen molar-refractivity contribution >= 4 is 11.6 Å².